The predicted octanol–water partition coefficient (Wildman–Crippen LogP) is 2.55. The molecule has 6 heteroatoms. The van der Waals surface area contributed by atoms with Crippen LogP contribution in [0, 0.1) is 0 Å². The van der Waals surface area contributed by atoms with Crippen LogP contribution in [-0.2, 0) is 11.3 Å². The number of benzene rings is 1. The Balaban J connectivity index is 1.92. The van der Waals surface area contributed by atoms with Crippen LogP contribution in [0.15, 0.2) is 28.8 Å². The smallest absolute Gasteiger partial charge is 0.246 e. The average molecular weight is 289 g/mol. The number of nitrogens with one attached hydrogen (secondary N) is 1. The van der Waals surface area contributed by atoms with Crippen LogP contribution < -0.4 is 10.1 Å². The molecule has 1 heterocycles. The number of ether oxygens (including phenoxy) is 1. The molecule has 2 aromatic rings. The van der Waals surface area contributed by atoms with Crippen LogP contribution >= 0.6 is 0 Å². The van der Waals surface area contributed by atoms with Crippen LogP contribution in [0.2, 0.25) is 0 Å². The highest BCUT2D eigenvalue weighted by atomic mass is 16.5. The Labute approximate surface area is 123 Å². The summed E-state index contributed by atoms with van der Waals surface area (Å²) >= 11 is 0. The molecule has 0 saturated heterocycles. The molecular weight excluding hydrogens is 270 g/mol. The number of aromatic nitrogens is 2. The molecule has 0 unspecified atom stereocenters. The van der Waals surface area contributed by atoms with Gasteiger partial charge in [-0.1, -0.05) is 18.5 Å². The Kier molecular flexibility index (Phi) is 5.31. The van der Waals surface area contributed by atoms with Crippen LogP contribution in [0.4, 0.5) is 0 Å². The van der Waals surface area contributed by atoms with E-state index in [1.807, 2.05) is 31.2 Å². The first-order valence-electron chi connectivity index (χ1n) is 6.96. The van der Waals surface area contributed by atoms with E-state index in [1.165, 1.54) is 0 Å². The van der Waals surface area contributed by atoms with Gasteiger partial charge in [0.2, 0.25) is 17.6 Å². The fourth-order valence-corrected chi connectivity index (χ4v) is 1.78. The number of nitrogens with zero attached hydrogens (tertiary/aromatic N) is 2. The lowest BCUT2D eigenvalue weighted by atomic mass is 10.2. The molecule has 1 aromatic carbocycles. The van der Waals surface area contributed by atoms with Crippen molar-refractivity contribution < 1.29 is 14.1 Å². The summed E-state index contributed by atoms with van der Waals surface area (Å²) in [6.45, 7) is 2.30. The maximum absolute atomic E-state index is 11.5. The van der Waals surface area contributed by atoms with Gasteiger partial charge in [0, 0.05) is 12.0 Å². The molecule has 21 heavy (non-hydrogen) atoms. The molecule has 0 aliphatic heterocycles. The first-order valence-corrected chi connectivity index (χ1v) is 6.96. The van der Waals surface area contributed by atoms with Crippen molar-refractivity contribution in [3.05, 3.63) is 30.2 Å². The highest BCUT2D eigenvalue weighted by Crippen LogP contribution is 2.19. The number of carbonyl (C=O) groups excluding carboxylic acids is 1. The summed E-state index contributed by atoms with van der Waals surface area (Å²) in [6, 6.07) is 7.37. The summed E-state index contributed by atoms with van der Waals surface area (Å²) in [6.07, 6.45) is 2.40. The zero-order chi connectivity index (χ0) is 15.1. The van der Waals surface area contributed by atoms with E-state index in [1.54, 1.807) is 7.11 Å². The fourth-order valence-electron chi connectivity index (χ4n) is 1.78. The maximum atomic E-state index is 11.5. The Hall–Kier alpha value is -2.37. The third-order valence-corrected chi connectivity index (χ3v) is 3.01. The van der Waals surface area contributed by atoms with E-state index in [4.69, 9.17) is 9.26 Å². The summed E-state index contributed by atoms with van der Waals surface area (Å²) in [4.78, 5) is 15.8. The standard InChI is InChI=1S/C15H19N3O3/c1-3-4-5-13(19)16-10-14-17-15(18-21-14)11-6-8-12(20-2)9-7-11/h6-9H,3-5,10H2,1-2H3,(H,16,19). The SMILES string of the molecule is CCCCC(=O)NCc1nc(-c2ccc(OC)cc2)no1. The van der Waals surface area contributed by atoms with Crippen molar-refractivity contribution in [2.45, 2.75) is 32.7 Å². The Bertz CT molecular complexity index is 578. The zero-order valence-electron chi connectivity index (χ0n) is 12.3. The van der Waals surface area contributed by atoms with Gasteiger partial charge < -0.3 is 14.6 Å². The molecule has 0 fully saturated rings. The summed E-state index contributed by atoms with van der Waals surface area (Å²) in [5, 5.41) is 6.67. The number of rotatable bonds is 7. The van der Waals surface area contributed by atoms with Gasteiger partial charge in [-0.25, -0.2) is 0 Å². The molecule has 0 aliphatic carbocycles. The van der Waals surface area contributed by atoms with Crippen molar-refractivity contribution in [3.63, 3.8) is 0 Å². The van der Waals surface area contributed by atoms with Gasteiger partial charge in [-0.2, -0.15) is 4.98 Å². The van der Waals surface area contributed by atoms with Crippen molar-refractivity contribution in [1.82, 2.24) is 15.5 Å². The molecule has 6 nitrogen and oxygen atoms in total. The number of carbonyl (C=O) groups is 1. The molecule has 0 spiro atoms. The van der Waals surface area contributed by atoms with Crippen molar-refractivity contribution >= 4 is 5.91 Å². The molecule has 0 saturated carbocycles. The molecule has 0 aliphatic rings. The molecule has 1 aromatic heterocycles. The van der Waals surface area contributed by atoms with Gasteiger partial charge in [-0.05, 0) is 30.7 Å². The van der Waals surface area contributed by atoms with Crippen LogP contribution in [0.1, 0.15) is 32.1 Å². The minimum atomic E-state index is 0.000970. The minimum absolute atomic E-state index is 0.000970. The first kappa shape index (κ1) is 15.0. The third kappa shape index (κ3) is 4.30. The second-order valence-corrected chi connectivity index (χ2v) is 4.62. The molecule has 0 bridgehead atoms. The van der Waals surface area contributed by atoms with E-state index in [0.29, 0.717) is 18.1 Å². The van der Waals surface area contributed by atoms with Crippen molar-refractivity contribution in [2.24, 2.45) is 0 Å². The van der Waals surface area contributed by atoms with E-state index >= 15 is 0 Å². The first-order chi connectivity index (χ1) is 10.2. The number of methoxy groups -OCH3 is 1. The summed E-state index contributed by atoms with van der Waals surface area (Å²) in [5.41, 5.74) is 0.836. The van der Waals surface area contributed by atoms with Gasteiger partial charge in [0.15, 0.2) is 0 Å². The lowest BCUT2D eigenvalue weighted by molar-refractivity contribution is -0.121. The van der Waals surface area contributed by atoms with Gasteiger partial charge >= 0.3 is 0 Å². The molecule has 112 valence electrons. The van der Waals surface area contributed by atoms with Gasteiger partial charge in [0.25, 0.3) is 0 Å². The molecule has 2 rings (SSSR count). The normalized spacial score (nSPS) is 10.4. The number of unbranched alkanes of at least 4 members (excludes halogenated alkanes) is 1. The minimum Gasteiger partial charge on any atom is -0.497 e. The molecule has 1 amide bonds. The van der Waals surface area contributed by atoms with E-state index in [9.17, 15) is 4.79 Å². The molecule has 1 N–H and O–H groups in total. The zero-order valence-corrected chi connectivity index (χ0v) is 12.3. The van der Waals surface area contributed by atoms with E-state index in [-0.39, 0.29) is 12.5 Å². The number of amides is 1. The van der Waals surface area contributed by atoms with Gasteiger partial charge in [0.05, 0.1) is 13.7 Å². The highest BCUT2D eigenvalue weighted by molar-refractivity contribution is 5.75. The van der Waals surface area contributed by atoms with Crippen LogP contribution in [0.5, 0.6) is 5.75 Å². The second-order valence-electron chi connectivity index (χ2n) is 4.62. The third-order valence-electron chi connectivity index (χ3n) is 3.01. The summed E-state index contributed by atoms with van der Waals surface area (Å²) < 4.78 is 10.2. The quantitative estimate of drug-likeness (QED) is 0.847. The van der Waals surface area contributed by atoms with E-state index in [0.717, 1.165) is 24.2 Å². The summed E-state index contributed by atoms with van der Waals surface area (Å²) in [5.74, 6) is 1.66. The van der Waals surface area contributed by atoms with E-state index in [2.05, 4.69) is 15.5 Å². The van der Waals surface area contributed by atoms with Gasteiger partial charge in [0.1, 0.15) is 5.75 Å². The van der Waals surface area contributed by atoms with Crippen molar-refractivity contribution in [3.8, 4) is 17.1 Å². The summed E-state index contributed by atoms with van der Waals surface area (Å²) in [7, 11) is 1.61. The van der Waals surface area contributed by atoms with E-state index < -0.39 is 0 Å². The fraction of sp³-hybridized carbons (Fsp3) is 0.400. The molecular formula is C15H19N3O3. The number of hydrogen-bond donors (Lipinski definition) is 1. The second kappa shape index (κ2) is 7.42. The van der Waals surface area contributed by atoms with Crippen LogP contribution in [0.25, 0.3) is 11.4 Å². The van der Waals surface area contributed by atoms with Crippen LogP contribution in [-0.4, -0.2) is 23.2 Å². The van der Waals surface area contributed by atoms with Crippen LogP contribution in [0.3, 0.4) is 0 Å². The maximum Gasteiger partial charge on any atom is 0.246 e. The Morgan fingerprint density at radius 1 is 1.33 bits per heavy atom. The Morgan fingerprint density at radius 3 is 2.76 bits per heavy atom. The highest BCUT2D eigenvalue weighted by Gasteiger charge is 2.09. The largest absolute Gasteiger partial charge is 0.497 e. The molecule has 0 radical (unpaired) electrons. The average Bonchev–Trinajstić information content (AvgIpc) is 3.00. The van der Waals surface area contributed by atoms with Gasteiger partial charge in [-0.15, -0.1) is 0 Å². The van der Waals surface area contributed by atoms with Crippen molar-refractivity contribution in [1.29, 1.82) is 0 Å². The lowest BCUT2D eigenvalue weighted by Crippen LogP contribution is -2.22. The Morgan fingerprint density at radius 2 is 2.10 bits per heavy atom. The number of hydrogen-bond acceptors (Lipinski definition) is 5. The van der Waals surface area contributed by atoms with Crippen molar-refractivity contribution in [2.75, 3.05) is 7.11 Å². The van der Waals surface area contributed by atoms with Gasteiger partial charge in [-0.3, -0.25) is 4.79 Å². The molecule has 0 atom stereocenters. The predicted molar refractivity (Wildman–Crippen MR) is 77.7 cm³/mol. The monoisotopic (exact) mass is 289 g/mol. The topological polar surface area (TPSA) is 77.2 Å². The lowest BCUT2D eigenvalue weighted by Gasteiger charge is -2.00.